The van der Waals surface area contributed by atoms with E-state index in [-0.39, 0.29) is 11.8 Å². The van der Waals surface area contributed by atoms with Crippen molar-refractivity contribution in [2.24, 2.45) is 0 Å². The quantitative estimate of drug-likeness (QED) is 0.191. The van der Waals surface area contributed by atoms with Gasteiger partial charge < -0.3 is 18.9 Å². The molecule has 0 fully saturated rings. The fourth-order valence-electron chi connectivity index (χ4n) is 8.82. The lowest BCUT2D eigenvalue weighted by Gasteiger charge is -2.42. The maximum atomic E-state index is 6.66. The van der Waals surface area contributed by atoms with Crippen molar-refractivity contribution < 1.29 is 18.9 Å². The molecule has 0 spiro atoms. The highest BCUT2D eigenvalue weighted by Gasteiger charge is 2.46. The fraction of sp³-hybridized carbons (Fsp3) is 0.250. The van der Waals surface area contributed by atoms with Gasteiger partial charge in [0.25, 0.3) is 0 Å². The molecule has 4 aliphatic carbocycles. The van der Waals surface area contributed by atoms with E-state index >= 15 is 0 Å². The highest BCUT2D eigenvalue weighted by molar-refractivity contribution is 6.23. The van der Waals surface area contributed by atoms with E-state index in [9.17, 15) is 0 Å². The number of rotatable bonds is 6. The summed E-state index contributed by atoms with van der Waals surface area (Å²) < 4.78 is 25.9. The highest BCUT2D eigenvalue weighted by atomic mass is 16.7. The summed E-state index contributed by atoms with van der Waals surface area (Å²) >= 11 is 0. The molecule has 2 atom stereocenters. The van der Waals surface area contributed by atoms with Gasteiger partial charge in [0.05, 0.1) is 14.2 Å². The van der Waals surface area contributed by atoms with Gasteiger partial charge in [-0.2, -0.15) is 0 Å². The Hall–Kier alpha value is -4.38. The predicted molar refractivity (Wildman–Crippen MR) is 176 cm³/mol. The molecule has 0 radical (unpaired) electrons. The van der Waals surface area contributed by atoms with Crippen LogP contribution in [0.4, 0.5) is 0 Å². The van der Waals surface area contributed by atoms with Crippen molar-refractivity contribution in [3.05, 3.63) is 123 Å². The van der Waals surface area contributed by atoms with Gasteiger partial charge in [0.1, 0.15) is 11.5 Å². The standard InChI is InChI=1S/C40H34O4/c1-5-43-40(44-6-2)30-14-10-9-13-25(30)29-21-33(42-4)39-37-27(17-18-31(40)35(29)37)26-16-15-23-19-22-11-7-8-12-24(22)28-20-32(41-3)38(39)36(26)34(23)28/h7-18,20-21,28,34H,5-6,19H2,1-4H3. The molecule has 2 unspecified atom stereocenters. The van der Waals surface area contributed by atoms with Crippen LogP contribution in [0.2, 0.25) is 0 Å². The summed E-state index contributed by atoms with van der Waals surface area (Å²) in [5.74, 6) is 1.23. The molecule has 5 aromatic carbocycles. The molecular formula is C40H34O4. The first-order chi connectivity index (χ1) is 21.6. The Morgan fingerprint density at radius 2 is 1.57 bits per heavy atom. The molecule has 0 N–H and O–H groups in total. The molecule has 0 heterocycles. The number of ether oxygens (including phenoxy) is 4. The summed E-state index contributed by atoms with van der Waals surface area (Å²) in [7, 11) is 3.59. The van der Waals surface area contributed by atoms with Crippen molar-refractivity contribution in [1.29, 1.82) is 0 Å². The van der Waals surface area contributed by atoms with Crippen molar-refractivity contribution >= 4 is 33.4 Å². The Bertz CT molecular complexity index is 2160. The van der Waals surface area contributed by atoms with Crippen LogP contribution in [0.25, 0.3) is 44.5 Å². The van der Waals surface area contributed by atoms with Crippen LogP contribution >= 0.6 is 0 Å². The molecule has 0 saturated carbocycles. The molecule has 4 heteroatoms. The van der Waals surface area contributed by atoms with E-state index in [0.717, 1.165) is 56.5 Å². The number of hydrogen-bond donors (Lipinski definition) is 0. The zero-order valence-electron chi connectivity index (χ0n) is 25.5. The number of allylic oxidation sites excluding steroid dienone is 3. The zero-order valence-corrected chi connectivity index (χ0v) is 25.5. The third-order valence-corrected chi connectivity index (χ3v) is 10.3. The Morgan fingerprint density at radius 3 is 2.36 bits per heavy atom. The summed E-state index contributed by atoms with van der Waals surface area (Å²) in [5.41, 5.74) is 11.1. The van der Waals surface area contributed by atoms with E-state index in [1.807, 2.05) is 13.8 Å². The second kappa shape index (κ2) is 9.31. The normalized spacial score (nSPS) is 19.8. The fourth-order valence-corrected chi connectivity index (χ4v) is 8.82. The van der Waals surface area contributed by atoms with E-state index < -0.39 is 5.79 Å². The highest BCUT2D eigenvalue weighted by Crippen LogP contribution is 2.58. The van der Waals surface area contributed by atoms with E-state index in [4.69, 9.17) is 18.9 Å². The first-order valence-electron chi connectivity index (χ1n) is 15.7. The lowest BCUT2D eigenvalue weighted by atomic mass is 9.63. The van der Waals surface area contributed by atoms with Crippen LogP contribution in [-0.4, -0.2) is 27.4 Å². The summed E-state index contributed by atoms with van der Waals surface area (Å²) in [6.45, 7) is 5.12. The van der Waals surface area contributed by atoms with Crippen molar-refractivity contribution in [2.75, 3.05) is 27.4 Å². The molecular weight excluding hydrogens is 544 g/mol. The Balaban J connectivity index is 1.48. The summed E-state index contributed by atoms with van der Waals surface area (Å²) in [5, 5.41) is 5.94. The van der Waals surface area contributed by atoms with Crippen LogP contribution in [0.3, 0.4) is 0 Å². The van der Waals surface area contributed by atoms with Gasteiger partial charge in [-0.05, 0) is 76.2 Å². The average Bonchev–Trinajstić information content (AvgIpc) is 3.07. The number of benzene rings is 5. The summed E-state index contributed by atoms with van der Waals surface area (Å²) in [6.07, 6.45) is 8.05. The number of methoxy groups -OCH3 is 2. The van der Waals surface area contributed by atoms with Crippen LogP contribution in [0, 0.1) is 0 Å². The lowest BCUT2D eigenvalue weighted by molar-refractivity contribution is -0.212. The van der Waals surface area contributed by atoms with E-state index in [0.29, 0.717) is 13.2 Å². The summed E-state index contributed by atoms with van der Waals surface area (Å²) in [6, 6.07) is 24.1. The molecule has 0 aromatic heterocycles. The van der Waals surface area contributed by atoms with Gasteiger partial charge in [-0.25, -0.2) is 0 Å². The minimum atomic E-state index is -1.01. The van der Waals surface area contributed by atoms with Gasteiger partial charge in [0.15, 0.2) is 0 Å². The third-order valence-electron chi connectivity index (χ3n) is 10.3. The van der Waals surface area contributed by atoms with Gasteiger partial charge >= 0.3 is 0 Å². The second-order valence-electron chi connectivity index (χ2n) is 12.2. The Kier molecular flexibility index (Phi) is 5.51. The van der Waals surface area contributed by atoms with E-state index in [2.05, 4.69) is 85.0 Å². The minimum absolute atomic E-state index is 0.222. The van der Waals surface area contributed by atoms with Crippen molar-refractivity contribution in [1.82, 2.24) is 0 Å². The number of hydrogen-bond acceptors (Lipinski definition) is 4. The van der Waals surface area contributed by atoms with Crippen LogP contribution < -0.4 is 9.96 Å². The van der Waals surface area contributed by atoms with E-state index in [1.54, 1.807) is 14.2 Å². The smallest absolute Gasteiger partial charge is 0.223 e. The zero-order chi connectivity index (χ0) is 29.7. The minimum Gasteiger partial charge on any atom is -0.496 e. The van der Waals surface area contributed by atoms with Crippen molar-refractivity contribution in [3.63, 3.8) is 0 Å². The van der Waals surface area contributed by atoms with E-state index in [1.165, 1.54) is 38.3 Å². The molecule has 0 amide bonds. The molecule has 4 nitrogen and oxygen atoms in total. The average molecular weight is 579 g/mol. The van der Waals surface area contributed by atoms with Gasteiger partial charge in [-0.1, -0.05) is 78.4 Å². The first-order valence-corrected chi connectivity index (χ1v) is 15.7. The van der Waals surface area contributed by atoms with Gasteiger partial charge in [-0.3, -0.25) is 0 Å². The monoisotopic (exact) mass is 578 g/mol. The molecule has 218 valence electrons. The van der Waals surface area contributed by atoms with Gasteiger partial charge in [-0.15, -0.1) is 0 Å². The van der Waals surface area contributed by atoms with Crippen molar-refractivity contribution in [3.8, 4) is 16.9 Å². The Labute approximate surface area is 257 Å². The molecule has 0 bridgehead atoms. The third kappa shape index (κ3) is 3.10. The molecule has 0 aliphatic heterocycles. The topological polar surface area (TPSA) is 36.9 Å². The predicted octanol–water partition coefficient (Wildman–Crippen LogP) is 8.12. The molecule has 9 rings (SSSR count). The lowest BCUT2D eigenvalue weighted by Crippen LogP contribution is -2.37. The molecule has 5 aromatic rings. The largest absolute Gasteiger partial charge is 0.496 e. The molecule has 0 saturated heterocycles. The van der Waals surface area contributed by atoms with Gasteiger partial charge in [0.2, 0.25) is 5.79 Å². The van der Waals surface area contributed by atoms with Crippen molar-refractivity contribution in [2.45, 2.75) is 37.9 Å². The maximum Gasteiger partial charge on any atom is 0.223 e. The van der Waals surface area contributed by atoms with Crippen LogP contribution in [0.5, 0.6) is 5.75 Å². The van der Waals surface area contributed by atoms with Crippen LogP contribution in [0.15, 0.2) is 84.5 Å². The van der Waals surface area contributed by atoms with Crippen LogP contribution in [-0.2, 0) is 26.4 Å². The van der Waals surface area contributed by atoms with Crippen LogP contribution in [0.1, 0.15) is 59.1 Å². The number of fused-ring (bicyclic) bond motifs is 6. The van der Waals surface area contributed by atoms with Gasteiger partial charge in [0, 0.05) is 52.5 Å². The SMILES string of the molecule is CCOC1(OCC)c2ccccc2-c2cc(OC)c3c4c5c(c6ccc1c2c36)=CC=C1Cc2ccccc2C(C=C4OC)C15. The second-order valence-corrected chi connectivity index (χ2v) is 12.2. The Morgan fingerprint density at radius 1 is 0.773 bits per heavy atom. The molecule has 4 aliphatic rings. The summed E-state index contributed by atoms with van der Waals surface area (Å²) in [4.78, 5) is 0. The maximum absolute atomic E-state index is 6.66. The molecule has 44 heavy (non-hydrogen) atoms. The first kappa shape index (κ1) is 26.1.